The van der Waals surface area contributed by atoms with Crippen molar-refractivity contribution in [3.8, 4) is 11.3 Å². The summed E-state index contributed by atoms with van der Waals surface area (Å²) in [5.74, 6) is 0. The summed E-state index contributed by atoms with van der Waals surface area (Å²) in [5, 5.41) is 5.91. The second kappa shape index (κ2) is 6.10. The number of benzene rings is 1. The monoisotopic (exact) mass is 345 g/mol. The molecule has 0 fully saturated rings. The van der Waals surface area contributed by atoms with Crippen molar-refractivity contribution in [2.45, 2.75) is 11.8 Å². The Morgan fingerprint density at radius 2 is 1.87 bits per heavy atom. The number of aryl methyl sites for hydroxylation is 1. The van der Waals surface area contributed by atoms with Crippen LogP contribution in [0.15, 0.2) is 52.9 Å². The summed E-state index contributed by atoms with van der Waals surface area (Å²) < 4.78 is 22.9. The Morgan fingerprint density at radius 1 is 1.13 bits per heavy atom. The molecule has 118 valence electrons. The Balaban J connectivity index is 1.79. The minimum Gasteiger partial charge on any atom is -0.332 e. The summed E-state index contributed by atoms with van der Waals surface area (Å²) in [6.07, 6.45) is 2.96. The highest BCUT2D eigenvalue weighted by atomic mass is 32.2. The van der Waals surface area contributed by atoms with Crippen molar-refractivity contribution in [1.82, 2.24) is 9.97 Å². The zero-order chi connectivity index (χ0) is 16.4. The van der Waals surface area contributed by atoms with Gasteiger partial charge in [-0.25, -0.2) is 13.4 Å². The molecule has 0 amide bonds. The van der Waals surface area contributed by atoms with Crippen LogP contribution in [-0.2, 0) is 9.84 Å². The van der Waals surface area contributed by atoms with Gasteiger partial charge in [-0.15, -0.1) is 11.3 Å². The van der Waals surface area contributed by atoms with Gasteiger partial charge in [0.2, 0.25) is 0 Å². The quantitative estimate of drug-likeness (QED) is 0.781. The molecule has 0 bridgehead atoms. The number of hydrogen-bond acceptors (Lipinski definition) is 6. The van der Waals surface area contributed by atoms with Crippen molar-refractivity contribution in [2.24, 2.45) is 0 Å². The van der Waals surface area contributed by atoms with Crippen LogP contribution < -0.4 is 5.32 Å². The van der Waals surface area contributed by atoms with E-state index in [0.717, 1.165) is 27.8 Å². The van der Waals surface area contributed by atoms with Gasteiger partial charge in [0.25, 0.3) is 0 Å². The van der Waals surface area contributed by atoms with E-state index in [4.69, 9.17) is 0 Å². The summed E-state index contributed by atoms with van der Waals surface area (Å²) in [4.78, 5) is 9.03. The lowest BCUT2D eigenvalue weighted by molar-refractivity contribution is 0.602. The van der Waals surface area contributed by atoms with Gasteiger partial charge in [-0.3, -0.25) is 4.98 Å². The van der Waals surface area contributed by atoms with E-state index in [9.17, 15) is 8.42 Å². The fraction of sp³-hybridized carbons (Fsp3) is 0.125. The highest BCUT2D eigenvalue weighted by Crippen LogP contribution is 2.27. The molecule has 1 aromatic carbocycles. The first-order chi connectivity index (χ1) is 10.9. The Kier molecular flexibility index (Phi) is 4.14. The molecule has 0 unspecified atom stereocenters. The molecule has 23 heavy (non-hydrogen) atoms. The molecule has 5 nitrogen and oxygen atoms in total. The van der Waals surface area contributed by atoms with Gasteiger partial charge in [-0.1, -0.05) is 0 Å². The van der Waals surface area contributed by atoms with E-state index >= 15 is 0 Å². The van der Waals surface area contributed by atoms with Crippen molar-refractivity contribution < 1.29 is 8.42 Å². The van der Waals surface area contributed by atoms with Gasteiger partial charge in [0.05, 0.1) is 10.6 Å². The van der Waals surface area contributed by atoms with Gasteiger partial charge in [0.15, 0.2) is 15.0 Å². The van der Waals surface area contributed by atoms with E-state index in [0.29, 0.717) is 4.90 Å². The Labute approximate surface area is 139 Å². The number of sulfone groups is 1. The van der Waals surface area contributed by atoms with Gasteiger partial charge in [-0.05, 0) is 43.3 Å². The Morgan fingerprint density at radius 3 is 2.52 bits per heavy atom. The van der Waals surface area contributed by atoms with Crippen LogP contribution in [0.1, 0.15) is 5.69 Å². The van der Waals surface area contributed by atoms with Gasteiger partial charge < -0.3 is 5.32 Å². The lowest BCUT2D eigenvalue weighted by atomic mass is 10.2. The number of aromatic nitrogens is 2. The Bertz CT molecular complexity index is 932. The molecule has 0 saturated carbocycles. The first-order valence-electron chi connectivity index (χ1n) is 6.87. The molecule has 0 radical (unpaired) electrons. The van der Waals surface area contributed by atoms with Crippen LogP contribution in [0.25, 0.3) is 11.3 Å². The highest BCUT2D eigenvalue weighted by Gasteiger charge is 2.08. The van der Waals surface area contributed by atoms with Crippen molar-refractivity contribution in [1.29, 1.82) is 0 Å². The van der Waals surface area contributed by atoms with Crippen LogP contribution in [0, 0.1) is 6.92 Å². The second-order valence-corrected chi connectivity index (χ2v) is 8.02. The van der Waals surface area contributed by atoms with E-state index in [2.05, 4.69) is 15.3 Å². The molecule has 0 spiro atoms. The maximum absolute atomic E-state index is 11.5. The second-order valence-electron chi connectivity index (χ2n) is 5.15. The molecule has 0 atom stereocenters. The summed E-state index contributed by atoms with van der Waals surface area (Å²) in [5.41, 5.74) is 3.65. The minimum absolute atomic E-state index is 0.301. The van der Waals surface area contributed by atoms with Crippen LogP contribution in [0.2, 0.25) is 0 Å². The molecule has 0 aliphatic rings. The molecule has 3 aromatic rings. The molecule has 0 aliphatic carbocycles. The van der Waals surface area contributed by atoms with Crippen molar-refractivity contribution in [3.05, 3.63) is 53.7 Å². The number of rotatable bonds is 4. The maximum Gasteiger partial charge on any atom is 0.187 e. The standard InChI is InChI=1S/C16H15N3O2S2/c1-11-9-12(7-8-17-11)15-10-22-16(19-15)18-13-3-5-14(6-4-13)23(2,20)21/h3-10H,1-2H3,(H,18,19). The first-order valence-corrected chi connectivity index (χ1v) is 9.65. The zero-order valence-electron chi connectivity index (χ0n) is 12.6. The van der Waals surface area contributed by atoms with E-state index < -0.39 is 9.84 Å². The van der Waals surface area contributed by atoms with Gasteiger partial charge in [-0.2, -0.15) is 0 Å². The average Bonchev–Trinajstić information content (AvgIpc) is 2.95. The molecule has 2 heterocycles. The van der Waals surface area contributed by atoms with E-state index in [1.807, 2.05) is 24.4 Å². The molecular weight excluding hydrogens is 330 g/mol. The van der Waals surface area contributed by atoms with E-state index in [1.165, 1.54) is 17.6 Å². The number of nitrogens with zero attached hydrogens (tertiary/aromatic N) is 2. The topological polar surface area (TPSA) is 72.0 Å². The first kappa shape index (κ1) is 15.6. The number of pyridine rings is 1. The molecular formula is C16H15N3O2S2. The van der Waals surface area contributed by atoms with Crippen LogP contribution >= 0.6 is 11.3 Å². The fourth-order valence-electron chi connectivity index (χ4n) is 2.08. The van der Waals surface area contributed by atoms with Gasteiger partial charge in [0.1, 0.15) is 0 Å². The molecule has 7 heteroatoms. The fourth-order valence-corrected chi connectivity index (χ4v) is 3.45. The van der Waals surface area contributed by atoms with Crippen molar-refractivity contribution in [3.63, 3.8) is 0 Å². The lowest BCUT2D eigenvalue weighted by Crippen LogP contribution is -1.97. The molecule has 0 aliphatic heterocycles. The van der Waals surface area contributed by atoms with Crippen LogP contribution in [-0.4, -0.2) is 24.6 Å². The molecule has 3 rings (SSSR count). The average molecular weight is 345 g/mol. The smallest absolute Gasteiger partial charge is 0.187 e. The minimum atomic E-state index is -3.18. The summed E-state index contributed by atoms with van der Waals surface area (Å²) in [6, 6.07) is 10.5. The van der Waals surface area contributed by atoms with E-state index in [1.54, 1.807) is 30.5 Å². The summed E-state index contributed by atoms with van der Waals surface area (Å²) in [6.45, 7) is 1.94. The van der Waals surface area contributed by atoms with E-state index in [-0.39, 0.29) is 0 Å². The molecule has 0 saturated heterocycles. The Hall–Kier alpha value is -2.25. The largest absolute Gasteiger partial charge is 0.332 e. The maximum atomic E-state index is 11.5. The highest BCUT2D eigenvalue weighted by molar-refractivity contribution is 7.90. The summed E-state index contributed by atoms with van der Waals surface area (Å²) in [7, 11) is -3.18. The van der Waals surface area contributed by atoms with Crippen molar-refractivity contribution in [2.75, 3.05) is 11.6 Å². The summed E-state index contributed by atoms with van der Waals surface area (Å²) >= 11 is 1.49. The van der Waals surface area contributed by atoms with Crippen LogP contribution in [0.5, 0.6) is 0 Å². The number of thiazole rings is 1. The third-order valence-corrected chi connectivity index (χ3v) is 5.12. The van der Waals surface area contributed by atoms with Crippen LogP contribution in [0.3, 0.4) is 0 Å². The number of nitrogens with one attached hydrogen (secondary N) is 1. The third-order valence-electron chi connectivity index (χ3n) is 3.23. The normalized spacial score (nSPS) is 11.4. The third kappa shape index (κ3) is 3.75. The molecule has 2 aromatic heterocycles. The van der Waals surface area contributed by atoms with Gasteiger partial charge >= 0.3 is 0 Å². The predicted octanol–water partition coefficient (Wildman–Crippen LogP) is 3.66. The predicted molar refractivity (Wildman–Crippen MR) is 92.9 cm³/mol. The SMILES string of the molecule is Cc1cc(-c2csc(Nc3ccc(S(C)(=O)=O)cc3)n2)ccn1. The molecule has 1 N–H and O–H groups in total. The zero-order valence-corrected chi connectivity index (χ0v) is 14.3. The lowest BCUT2D eigenvalue weighted by Gasteiger charge is -2.04. The van der Waals surface area contributed by atoms with Gasteiger partial charge in [0, 0.05) is 34.8 Å². The van der Waals surface area contributed by atoms with Crippen LogP contribution in [0.4, 0.5) is 10.8 Å². The van der Waals surface area contributed by atoms with Crippen molar-refractivity contribution >= 4 is 32.0 Å². The number of anilines is 2. The number of hydrogen-bond donors (Lipinski definition) is 1.